The van der Waals surface area contributed by atoms with Crippen LogP contribution in [0.4, 0.5) is 11.4 Å². The van der Waals surface area contributed by atoms with Gasteiger partial charge in [-0.05, 0) is 43.9 Å². The van der Waals surface area contributed by atoms with Gasteiger partial charge in [0.15, 0.2) is 0 Å². The van der Waals surface area contributed by atoms with Gasteiger partial charge in [0.25, 0.3) is 5.69 Å². The number of hydrogen-bond acceptors (Lipinski definition) is 5. The van der Waals surface area contributed by atoms with Crippen molar-refractivity contribution in [3.8, 4) is 0 Å². The van der Waals surface area contributed by atoms with Crippen LogP contribution in [0.3, 0.4) is 0 Å². The fraction of sp³-hybridized carbons (Fsp3) is 0.571. The van der Waals surface area contributed by atoms with Gasteiger partial charge in [-0.3, -0.25) is 20.9 Å². The van der Waals surface area contributed by atoms with Gasteiger partial charge in [-0.25, -0.2) is 0 Å². The van der Waals surface area contributed by atoms with Crippen LogP contribution in [0.25, 0.3) is 0 Å². The lowest BCUT2D eigenvalue weighted by atomic mass is 9.91. The van der Waals surface area contributed by atoms with Gasteiger partial charge in [-0.1, -0.05) is 13.0 Å². The summed E-state index contributed by atoms with van der Waals surface area (Å²) in [5, 5.41) is 10.9. The molecule has 0 aromatic heterocycles. The molecule has 6 nitrogen and oxygen atoms in total. The smallest absolute Gasteiger partial charge is 0.293 e. The Morgan fingerprint density at radius 3 is 2.90 bits per heavy atom. The quantitative estimate of drug-likeness (QED) is 0.502. The number of nitrogens with zero attached hydrogens (tertiary/aromatic N) is 2. The molecule has 0 radical (unpaired) electrons. The molecule has 3 N–H and O–H groups in total. The van der Waals surface area contributed by atoms with Crippen LogP contribution in [-0.2, 0) is 6.54 Å². The second kappa shape index (κ2) is 6.19. The van der Waals surface area contributed by atoms with Crippen molar-refractivity contribution >= 4 is 11.4 Å². The van der Waals surface area contributed by atoms with Crippen LogP contribution in [0.5, 0.6) is 0 Å². The maximum Gasteiger partial charge on any atom is 0.293 e. The Kier molecular flexibility index (Phi) is 4.57. The van der Waals surface area contributed by atoms with Crippen LogP contribution >= 0.6 is 0 Å². The van der Waals surface area contributed by atoms with Crippen LogP contribution < -0.4 is 11.3 Å². The van der Waals surface area contributed by atoms with E-state index in [4.69, 9.17) is 5.84 Å². The molecule has 0 saturated carbocycles. The SMILES string of the molecule is CC1CCCN(Cc2ccc([N+](=O)[O-])c(NN)c2)C1C. The average Bonchev–Trinajstić information content (AvgIpc) is 2.43. The van der Waals surface area contributed by atoms with Gasteiger partial charge in [0, 0.05) is 18.7 Å². The van der Waals surface area contributed by atoms with Crippen molar-refractivity contribution in [1.82, 2.24) is 4.90 Å². The second-order valence-electron chi connectivity index (χ2n) is 5.58. The van der Waals surface area contributed by atoms with Crippen molar-refractivity contribution in [2.45, 2.75) is 39.3 Å². The first-order chi connectivity index (χ1) is 9.52. The highest BCUT2D eigenvalue weighted by Gasteiger charge is 2.25. The molecule has 1 aliphatic rings. The number of nitro benzene ring substituents is 1. The highest BCUT2D eigenvalue weighted by Crippen LogP contribution is 2.28. The van der Waals surface area contributed by atoms with Crippen molar-refractivity contribution in [3.05, 3.63) is 33.9 Å². The van der Waals surface area contributed by atoms with Gasteiger partial charge in [0.2, 0.25) is 0 Å². The van der Waals surface area contributed by atoms with E-state index in [1.54, 1.807) is 6.07 Å². The molecule has 1 aromatic carbocycles. The molecule has 0 bridgehead atoms. The molecule has 2 unspecified atom stereocenters. The maximum atomic E-state index is 10.9. The van der Waals surface area contributed by atoms with Gasteiger partial charge in [-0.2, -0.15) is 0 Å². The molecule has 6 heteroatoms. The lowest BCUT2D eigenvalue weighted by Gasteiger charge is -2.38. The highest BCUT2D eigenvalue weighted by atomic mass is 16.6. The largest absolute Gasteiger partial charge is 0.318 e. The van der Waals surface area contributed by atoms with Crippen molar-refractivity contribution in [2.75, 3.05) is 12.0 Å². The molecule has 2 rings (SSSR count). The van der Waals surface area contributed by atoms with Crippen molar-refractivity contribution in [3.63, 3.8) is 0 Å². The van der Waals surface area contributed by atoms with Crippen LogP contribution in [-0.4, -0.2) is 22.4 Å². The summed E-state index contributed by atoms with van der Waals surface area (Å²) in [6.07, 6.45) is 2.48. The zero-order chi connectivity index (χ0) is 14.7. The molecular formula is C14H22N4O2. The first-order valence-corrected chi connectivity index (χ1v) is 7.01. The molecule has 0 amide bonds. The van der Waals surface area contributed by atoms with Crippen molar-refractivity contribution in [1.29, 1.82) is 0 Å². The third kappa shape index (κ3) is 3.08. The fourth-order valence-corrected chi connectivity index (χ4v) is 2.84. The summed E-state index contributed by atoms with van der Waals surface area (Å²) in [6.45, 7) is 6.41. The predicted octanol–water partition coefficient (Wildman–Crippen LogP) is 2.50. The topological polar surface area (TPSA) is 84.4 Å². The van der Waals surface area contributed by atoms with Crippen LogP contribution in [0.1, 0.15) is 32.3 Å². The number of nitrogens with one attached hydrogen (secondary N) is 1. The van der Waals surface area contributed by atoms with Gasteiger partial charge in [0.1, 0.15) is 5.69 Å². The molecule has 1 heterocycles. The minimum atomic E-state index is -0.426. The first kappa shape index (κ1) is 14.7. The van der Waals surface area contributed by atoms with Crippen LogP contribution in [0.15, 0.2) is 18.2 Å². The van der Waals surface area contributed by atoms with E-state index in [-0.39, 0.29) is 5.69 Å². The van der Waals surface area contributed by atoms with E-state index >= 15 is 0 Å². The zero-order valence-electron chi connectivity index (χ0n) is 12.0. The number of anilines is 1. The van der Waals surface area contributed by atoms with E-state index in [0.717, 1.165) is 18.7 Å². The van der Waals surface area contributed by atoms with Crippen molar-refractivity contribution in [2.24, 2.45) is 11.8 Å². The Balaban J connectivity index is 2.15. The van der Waals surface area contributed by atoms with E-state index in [9.17, 15) is 10.1 Å². The number of nitrogens with two attached hydrogens (primary N) is 1. The zero-order valence-corrected chi connectivity index (χ0v) is 12.0. The molecule has 0 aliphatic carbocycles. The Labute approximate surface area is 119 Å². The average molecular weight is 278 g/mol. The van der Waals surface area contributed by atoms with Crippen molar-refractivity contribution < 1.29 is 4.92 Å². The number of hydrazine groups is 1. The summed E-state index contributed by atoms with van der Waals surface area (Å²) in [7, 11) is 0. The molecule has 20 heavy (non-hydrogen) atoms. The molecule has 1 aliphatic heterocycles. The number of nitro groups is 1. The standard InChI is InChI=1S/C14H22N4O2/c1-10-4-3-7-17(11(10)2)9-12-5-6-14(18(19)20)13(8-12)16-15/h5-6,8,10-11,16H,3-4,7,9,15H2,1-2H3. The van der Waals surface area contributed by atoms with Gasteiger partial charge < -0.3 is 5.43 Å². The number of nitrogen functional groups attached to an aromatic ring is 1. The summed E-state index contributed by atoms with van der Waals surface area (Å²) in [5.41, 5.74) is 3.84. The maximum absolute atomic E-state index is 10.9. The summed E-state index contributed by atoms with van der Waals surface area (Å²) in [5.74, 6) is 6.06. The third-order valence-electron chi connectivity index (χ3n) is 4.30. The fourth-order valence-electron chi connectivity index (χ4n) is 2.84. The summed E-state index contributed by atoms with van der Waals surface area (Å²) < 4.78 is 0. The Hall–Kier alpha value is -1.66. The van der Waals surface area contributed by atoms with Gasteiger partial charge in [0.05, 0.1) is 4.92 Å². The Morgan fingerprint density at radius 1 is 1.50 bits per heavy atom. The Morgan fingerprint density at radius 2 is 2.25 bits per heavy atom. The third-order valence-corrected chi connectivity index (χ3v) is 4.30. The second-order valence-corrected chi connectivity index (χ2v) is 5.58. The lowest BCUT2D eigenvalue weighted by molar-refractivity contribution is -0.384. The van der Waals surface area contributed by atoms with E-state index in [1.165, 1.54) is 18.9 Å². The van der Waals surface area contributed by atoms with Gasteiger partial charge >= 0.3 is 0 Å². The molecule has 110 valence electrons. The molecule has 1 fully saturated rings. The molecular weight excluding hydrogens is 256 g/mol. The van der Waals surface area contributed by atoms with E-state index < -0.39 is 4.92 Å². The molecule has 0 spiro atoms. The van der Waals surface area contributed by atoms with E-state index in [1.807, 2.05) is 6.07 Å². The highest BCUT2D eigenvalue weighted by molar-refractivity contribution is 5.62. The molecule has 1 aromatic rings. The minimum absolute atomic E-state index is 0.0105. The summed E-state index contributed by atoms with van der Waals surface area (Å²) >= 11 is 0. The molecule has 1 saturated heterocycles. The number of piperidine rings is 1. The lowest BCUT2D eigenvalue weighted by Crippen LogP contribution is -2.41. The first-order valence-electron chi connectivity index (χ1n) is 7.01. The van der Waals surface area contributed by atoms with Gasteiger partial charge in [-0.15, -0.1) is 0 Å². The Bertz CT molecular complexity index is 492. The van der Waals surface area contributed by atoms with E-state index in [2.05, 4.69) is 24.2 Å². The summed E-state index contributed by atoms with van der Waals surface area (Å²) in [6, 6.07) is 5.63. The number of rotatable bonds is 4. The normalized spacial score (nSPS) is 23.6. The molecule has 2 atom stereocenters. The number of hydrogen-bond donors (Lipinski definition) is 2. The number of likely N-dealkylation sites (tertiary alicyclic amines) is 1. The predicted molar refractivity (Wildman–Crippen MR) is 79.2 cm³/mol. The monoisotopic (exact) mass is 278 g/mol. The van der Waals surface area contributed by atoms with Crippen LogP contribution in [0, 0.1) is 16.0 Å². The minimum Gasteiger partial charge on any atom is -0.318 e. The number of benzene rings is 1. The summed E-state index contributed by atoms with van der Waals surface area (Å²) in [4.78, 5) is 12.9. The van der Waals surface area contributed by atoms with E-state index in [0.29, 0.717) is 17.6 Å². The van der Waals surface area contributed by atoms with Crippen LogP contribution in [0.2, 0.25) is 0 Å².